The zero-order chi connectivity index (χ0) is 23.3. The van der Waals surface area contributed by atoms with Gasteiger partial charge in [0.15, 0.2) is 0 Å². The van der Waals surface area contributed by atoms with Crippen LogP contribution >= 0.6 is 11.8 Å². The Morgan fingerprint density at radius 1 is 0.941 bits per heavy atom. The molecule has 2 aromatic heterocycles. The van der Waals surface area contributed by atoms with E-state index in [4.69, 9.17) is 0 Å². The number of carbonyl (C=O) groups is 1. The molecule has 1 amide bonds. The predicted octanol–water partition coefficient (Wildman–Crippen LogP) is 3.01. The minimum atomic E-state index is -0.252. The molecule has 0 radical (unpaired) electrons. The van der Waals surface area contributed by atoms with E-state index in [9.17, 15) is 9.59 Å². The van der Waals surface area contributed by atoms with Gasteiger partial charge in [0.05, 0.1) is 18.0 Å². The van der Waals surface area contributed by atoms with Crippen LogP contribution in [0.5, 0.6) is 0 Å². The fraction of sp³-hybridized carbons (Fsp3) is 0.385. The summed E-state index contributed by atoms with van der Waals surface area (Å²) in [6.07, 6.45) is 5.66. The second-order valence-corrected chi connectivity index (χ2v) is 9.70. The van der Waals surface area contributed by atoms with Gasteiger partial charge < -0.3 is 9.80 Å². The first-order valence-electron chi connectivity index (χ1n) is 11.9. The van der Waals surface area contributed by atoms with E-state index < -0.39 is 0 Å². The average molecular weight is 476 g/mol. The molecule has 0 unspecified atom stereocenters. The maximum atomic E-state index is 12.9. The third kappa shape index (κ3) is 5.01. The lowest BCUT2D eigenvalue weighted by Crippen LogP contribution is -2.49. The van der Waals surface area contributed by atoms with Crippen LogP contribution in [0.2, 0.25) is 0 Å². The molecule has 1 saturated heterocycles. The maximum absolute atomic E-state index is 12.9. The molecule has 0 saturated carbocycles. The lowest BCUT2D eigenvalue weighted by atomic mass is 9.97. The summed E-state index contributed by atoms with van der Waals surface area (Å²) in [7, 11) is 0. The van der Waals surface area contributed by atoms with Crippen LogP contribution in [0.4, 0.5) is 5.69 Å². The molecule has 3 aromatic rings. The molecule has 1 aromatic carbocycles. The van der Waals surface area contributed by atoms with Crippen molar-refractivity contribution in [2.24, 2.45) is 0 Å². The Balaban J connectivity index is 1.25. The van der Waals surface area contributed by atoms with Crippen molar-refractivity contribution in [3.05, 3.63) is 82.2 Å². The van der Waals surface area contributed by atoms with Gasteiger partial charge in [-0.25, -0.2) is 4.79 Å². The van der Waals surface area contributed by atoms with Crippen LogP contribution in [-0.4, -0.2) is 57.3 Å². The van der Waals surface area contributed by atoms with Crippen LogP contribution in [0.3, 0.4) is 0 Å². The molecule has 0 spiro atoms. The molecule has 5 rings (SSSR count). The highest BCUT2D eigenvalue weighted by Crippen LogP contribution is 2.29. The SMILES string of the molecule is O=C(CSc1nc(=O)n(Cc2ccccn2)c2c1CCCC2)N1CCN(c2ccccc2)CC1. The number of fused-ring (bicyclic) bond motifs is 1. The number of aromatic nitrogens is 3. The lowest BCUT2D eigenvalue weighted by Gasteiger charge is -2.36. The summed E-state index contributed by atoms with van der Waals surface area (Å²) < 4.78 is 1.77. The third-order valence-electron chi connectivity index (χ3n) is 6.58. The Hall–Kier alpha value is -3.13. The van der Waals surface area contributed by atoms with E-state index in [1.165, 1.54) is 17.4 Å². The standard InChI is InChI=1S/C26H29N5O2S/c32-24(30-16-14-29(15-17-30)21-9-2-1-3-10-21)19-34-25-22-11-4-5-12-23(22)31(26(33)28-25)18-20-8-6-7-13-27-20/h1-3,6-10,13H,4-5,11-12,14-19H2. The Kier molecular flexibility index (Phi) is 6.94. The molecular weight excluding hydrogens is 446 g/mol. The summed E-state index contributed by atoms with van der Waals surface area (Å²) in [4.78, 5) is 38.9. The Morgan fingerprint density at radius 3 is 2.47 bits per heavy atom. The largest absolute Gasteiger partial charge is 0.368 e. The smallest absolute Gasteiger partial charge is 0.349 e. The molecule has 0 atom stereocenters. The van der Waals surface area contributed by atoms with Crippen molar-refractivity contribution >= 4 is 23.4 Å². The second-order valence-electron chi connectivity index (χ2n) is 8.73. The van der Waals surface area contributed by atoms with E-state index in [-0.39, 0.29) is 11.6 Å². The van der Waals surface area contributed by atoms with Gasteiger partial charge in [0, 0.05) is 49.3 Å². The fourth-order valence-corrected chi connectivity index (χ4v) is 5.74. The fourth-order valence-electron chi connectivity index (χ4n) is 4.76. The molecule has 7 nitrogen and oxygen atoms in total. The van der Waals surface area contributed by atoms with Crippen molar-refractivity contribution in [3.8, 4) is 0 Å². The molecule has 1 aliphatic carbocycles. The number of amides is 1. The highest BCUT2D eigenvalue weighted by atomic mass is 32.2. The van der Waals surface area contributed by atoms with Gasteiger partial charge in [-0.2, -0.15) is 4.98 Å². The van der Waals surface area contributed by atoms with Gasteiger partial charge in [-0.3, -0.25) is 14.3 Å². The van der Waals surface area contributed by atoms with Gasteiger partial charge in [-0.05, 0) is 49.9 Å². The predicted molar refractivity (Wildman–Crippen MR) is 134 cm³/mol. The number of pyridine rings is 1. The number of nitrogens with zero attached hydrogens (tertiary/aromatic N) is 5. The summed E-state index contributed by atoms with van der Waals surface area (Å²) in [5, 5.41) is 0.730. The first-order chi connectivity index (χ1) is 16.7. The van der Waals surface area contributed by atoms with E-state index in [1.54, 1.807) is 10.8 Å². The molecule has 1 aliphatic heterocycles. The molecule has 176 valence electrons. The molecule has 34 heavy (non-hydrogen) atoms. The van der Waals surface area contributed by atoms with E-state index in [1.807, 2.05) is 41.3 Å². The van der Waals surface area contributed by atoms with Crippen LogP contribution in [0.1, 0.15) is 29.8 Å². The van der Waals surface area contributed by atoms with Gasteiger partial charge in [-0.15, -0.1) is 0 Å². The Labute approximate surface area is 203 Å². The molecule has 1 fully saturated rings. The number of thioether (sulfide) groups is 1. The highest BCUT2D eigenvalue weighted by Gasteiger charge is 2.24. The maximum Gasteiger partial charge on any atom is 0.349 e. The second kappa shape index (κ2) is 10.4. The lowest BCUT2D eigenvalue weighted by molar-refractivity contribution is -0.128. The number of para-hydroxylation sites is 1. The number of rotatable bonds is 6. The van der Waals surface area contributed by atoms with Crippen molar-refractivity contribution < 1.29 is 4.79 Å². The number of hydrogen-bond donors (Lipinski definition) is 0. The van der Waals surface area contributed by atoms with E-state index in [0.29, 0.717) is 25.4 Å². The van der Waals surface area contributed by atoms with Gasteiger partial charge >= 0.3 is 5.69 Å². The molecule has 0 bridgehead atoms. The minimum Gasteiger partial charge on any atom is -0.368 e. The van der Waals surface area contributed by atoms with Crippen LogP contribution in [-0.2, 0) is 24.2 Å². The number of anilines is 1. The van der Waals surface area contributed by atoms with Crippen LogP contribution in [0.25, 0.3) is 0 Å². The number of carbonyl (C=O) groups excluding carboxylic acids is 1. The summed E-state index contributed by atoms with van der Waals surface area (Å²) in [6.45, 7) is 3.52. The van der Waals surface area contributed by atoms with Crippen LogP contribution in [0, 0.1) is 0 Å². The number of benzene rings is 1. The summed E-state index contributed by atoms with van der Waals surface area (Å²) in [5.74, 6) is 0.427. The first kappa shape index (κ1) is 22.7. The topological polar surface area (TPSA) is 71.3 Å². The molecular formula is C26H29N5O2S. The number of hydrogen-bond acceptors (Lipinski definition) is 6. The van der Waals surface area contributed by atoms with E-state index in [0.717, 1.165) is 60.8 Å². The van der Waals surface area contributed by atoms with Gasteiger partial charge in [0.2, 0.25) is 5.91 Å². The quantitative estimate of drug-likeness (QED) is 0.403. The number of piperazine rings is 1. The van der Waals surface area contributed by atoms with Crippen molar-refractivity contribution in [1.82, 2.24) is 19.4 Å². The van der Waals surface area contributed by atoms with Crippen molar-refractivity contribution in [2.45, 2.75) is 37.3 Å². The molecule has 8 heteroatoms. The first-order valence-corrected chi connectivity index (χ1v) is 12.9. The Morgan fingerprint density at radius 2 is 1.71 bits per heavy atom. The minimum absolute atomic E-state index is 0.113. The summed E-state index contributed by atoms with van der Waals surface area (Å²) >= 11 is 1.42. The Bertz CT molecular complexity index is 1190. The molecule has 0 N–H and O–H groups in total. The third-order valence-corrected chi connectivity index (χ3v) is 7.59. The van der Waals surface area contributed by atoms with Crippen LogP contribution in [0.15, 0.2) is 64.5 Å². The van der Waals surface area contributed by atoms with Crippen molar-refractivity contribution in [3.63, 3.8) is 0 Å². The van der Waals surface area contributed by atoms with Crippen molar-refractivity contribution in [1.29, 1.82) is 0 Å². The zero-order valence-corrected chi connectivity index (χ0v) is 20.0. The monoisotopic (exact) mass is 475 g/mol. The van der Waals surface area contributed by atoms with Crippen molar-refractivity contribution in [2.75, 3.05) is 36.8 Å². The zero-order valence-electron chi connectivity index (χ0n) is 19.2. The molecule has 2 aliphatic rings. The summed E-state index contributed by atoms with van der Waals surface area (Å²) in [6, 6.07) is 16.1. The van der Waals surface area contributed by atoms with E-state index in [2.05, 4.69) is 27.0 Å². The normalized spacial score (nSPS) is 15.8. The average Bonchev–Trinajstić information content (AvgIpc) is 2.90. The highest BCUT2D eigenvalue weighted by molar-refractivity contribution is 7.99. The van der Waals surface area contributed by atoms with Crippen LogP contribution < -0.4 is 10.6 Å². The molecule has 3 heterocycles. The van der Waals surface area contributed by atoms with Gasteiger partial charge in [0.25, 0.3) is 0 Å². The van der Waals surface area contributed by atoms with Gasteiger partial charge in [0.1, 0.15) is 5.03 Å². The van der Waals surface area contributed by atoms with E-state index >= 15 is 0 Å². The summed E-state index contributed by atoms with van der Waals surface area (Å²) in [5.41, 5.74) is 3.99. The van der Waals surface area contributed by atoms with Gasteiger partial charge in [-0.1, -0.05) is 36.0 Å².